The van der Waals surface area contributed by atoms with Crippen LogP contribution in [0.4, 0.5) is 5.69 Å². The van der Waals surface area contributed by atoms with E-state index in [0.717, 1.165) is 0 Å². The van der Waals surface area contributed by atoms with E-state index >= 15 is 0 Å². The maximum Gasteiger partial charge on any atom is 0.269 e. The minimum atomic E-state index is -0.471. The summed E-state index contributed by atoms with van der Waals surface area (Å²) in [7, 11) is 0. The largest absolute Gasteiger partial charge is 0.507 e. The van der Waals surface area contributed by atoms with E-state index in [-0.39, 0.29) is 11.4 Å². The number of hydrogen-bond acceptors (Lipinski definition) is 4. The van der Waals surface area contributed by atoms with Gasteiger partial charge in [-0.25, -0.2) is 0 Å². The SMILES string of the molecule is O=[N+]([O-])c1ccc(Oc2ccc(O)c(Br)c2)cc1. The average molecular weight is 310 g/mol. The Kier molecular flexibility index (Phi) is 3.47. The summed E-state index contributed by atoms with van der Waals surface area (Å²) >= 11 is 3.17. The lowest BCUT2D eigenvalue weighted by Gasteiger charge is -2.06. The van der Waals surface area contributed by atoms with E-state index in [1.165, 1.54) is 30.3 Å². The van der Waals surface area contributed by atoms with Gasteiger partial charge in [-0.3, -0.25) is 10.1 Å². The summed E-state index contributed by atoms with van der Waals surface area (Å²) in [5.41, 5.74) is 0.00855. The fourth-order valence-corrected chi connectivity index (χ4v) is 1.68. The van der Waals surface area contributed by atoms with Crippen molar-refractivity contribution in [2.75, 3.05) is 0 Å². The highest BCUT2D eigenvalue weighted by Gasteiger charge is 2.06. The first-order chi connectivity index (χ1) is 8.56. The molecule has 2 aromatic rings. The maximum absolute atomic E-state index is 10.5. The molecule has 0 radical (unpaired) electrons. The van der Waals surface area contributed by atoms with E-state index in [2.05, 4.69) is 15.9 Å². The number of benzene rings is 2. The Morgan fingerprint density at radius 1 is 1.11 bits per heavy atom. The first-order valence-electron chi connectivity index (χ1n) is 4.97. The lowest BCUT2D eigenvalue weighted by atomic mass is 10.3. The molecule has 0 aliphatic carbocycles. The van der Waals surface area contributed by atoms with Crippen molar-refractivity contribution in [3.8, 4) is 17.2 Å². The van der Waals surface area contributed by atoms with Crippen LogP contribution in [-0.4, -0.2) is 10.0 Å². The lowest BCUT2D eigenvalue weighted by molar-refractivity contribution is -0.384. The van der Waals surface area contributed by atoms with Crippen molar-refractivity contribution in [3.05, 3.63) is 57.1 Å². The van der Waals surface area contributed by atoms with Crippen molar-refractivity contribution < 1.29 is 14.8 Å². The Hall–Kier alpha value is -2.08. The molecule has 0 saturated heterocycles. The number of phenolic OH excluding ortho intramolecular Hbond substituents is 1. The molecule has 92 valence electrons. The summed E-state index contributed by atoms with van der Waals surface area (Å²) in [4.78, 5) is 10.0. The predicted molar refractivity (Wildman–Crippen MR) is 69.0 cm³/mol. The second kappa shape index (κ2) is 5.05. The number of ether oxygens (including phenoxy) is 1. The summed E-state index contributed by atoms with van der Waals surface area (Å²) in [5.74, 6) is 1.12. The van der Waals surface area contributed by atoms with Crippen LogP contribution in [-0.2, 0) is 0 Å². The van der Waals surface area contributed by atoms with Crippen LogP contribution in [0.3, 0.4) is 0 Å². The van der Waals surface area contributed by atoms with Gasteiger partial charge in [0.1, 0.15) is 17.2 Å². The van der Waals surface area contributed by atoms with E-state index in [0.29, 0.717) is 16.0 Å². The number of nitro groups is 1. The zero-order chi connectivity index (χ0) is 13.1. The number of hydrogen-bond donors (Lipinski definition) is 1. The number of nitro benzene ring substituents is 1. The quantitative estimate of drug-likeness (QED) is 0.690. The van der Waals surface area contributed by atoms with Gasteiger partial charge < -0.3 is 9.84 Å². The highest BCUT2D eigenvalue weighted by Crippen LogP contribution is 2.31. The molecule has 0 amide bonds. The van der Waals surface area contributed by atoms with Crippen molar-refractivity contribution >= 4 is 21.6 Å². The Morgan fingerprint density at radius 3 is 2.28 bits per heavy atom. The smallest absolute Gasteiger partial charge is 0.269 e. The molecule has 2 rings (SSSR count). The van der Waals surface area contributed by atoms with Gasteiger partial charge in [-0.15, -0.1) is 0 Å². The van der Waals surface area contributed by atoms with Crippen LogP contribution in [0.1, 0.15) is 0 Å². The first-order valence-corrected chi connectivity index (χ1v) is 5.76. The molecule has 0 bridgehead atoms. The maximum atomic E-state index is 10.5. The Labute approximate surface area is 111 Å². The molecule has 0 unspecified atom stereocenters. The monoisotopic (exact) mass is 309 g/mol. The molecule has 5 nitrogen and oxygen atoms in total. The van der Waals surface area contributed by atoms with E-state index in [4.69, 9.17) is 4.74 Å². The van der Waals surface area contributed by atoms with Crippen LogP contribution in [0.5, 0.6) is 17.2 Å². The summed E-state index contributed by atoms with van der Waals surface area (Å²) < 4.78 is 6.00. The van der Waals surface area contributed by atoms with Gasteiger partial charge in [-0.05, 0) is 46.3 Å². The third-order valence-corrected chi connectivity index (χ3v) is 2.84. The first kappa shape index (κ1) is 12.4. The van der Waals surface area contributed by atoms with Crippen LogP contribution >= 0.6 is 15.9 Å². The van der Waals surface area contributed by atoms with Crippen molar-refractivity contribution in [2.45, 2.75) is 0 Å². The third kappa shape index (κ3) is 2.78. The molecule has 0 fully saturated rings. The summed E-state index contributed by atoms with van der Waals surface area (Å²) in [5, 5.41) is 19.8. The highest BCUT2D eigenvalue weighted by molar-refractivity contribution is 9.10. The average Bonchev–Trinajstić information content (AvgIpc) is 2.34. The van der Waals surface area contributed by atoms with Gasteiger partial charge in [0.25, 0.3) is 5.69 Å². The Morgan fingerprint density at radius 2 is 1.72 bits per heavy atom. The van der Waals surface area contributed by atoms with Crippen LogP contribution in [0.15, 0.2) is 46.9 Å². The minimum Gasteiger partial charge on any atom is -0.507 e. The molecular formula is C12H8BrNO4. The van der Waals surface area contributed by atoms with E-state index in [1.807, 2.05) is 0 Å². The lowest BCUT2D eigenvalue weighted by Crippen LogP contribution is -1.88. The zero-order valence-corrected chi connectivity index (χ0v) is 10.6. The summed E-state index contributed by atoms with van der Waals surface area (Å²) in [6.07, 6.45) is 0. The van der Waals surface area contributed by atoms with Crippen molar-refractivity contribution in [3.63, 3.8) is 0 Å². The molecule has 2 aromatic carbocycles. The fraction of sp³-hybridized carbons (Fsp3) is 0. The molecule has 0 aliphatic heterocycles. The van der Waals surface area contributed by atoms with Gasteiger partial charge in [-0.1, -0.05) is 0 Å². The number of phenols is 1. The molecule has 0 spiro atoms. The molecular weight excluding hydrogens is 302 g/mol. The van der Waals surface area contributed by atoms with Crippen molar-refractivity contribution in [1.82, 2.24) is 0 Å². The second-order valence-corrected chi connectivity index (χ2v) is 4.32. The normalized spacial score (nSPS) is 10.1. The molecule has 0 aliphatic rings. The number of non-ortho nitro benzene ring substituents is 1. The van der Waals surface area contributed by atoms with Gasteiger partial charge >= 0.3 is 0 Å². The molecule has 0 saturated carbocycles. The second-order valence-electron chi connectivity index (χ2n) is 3.47. The van der Waals surface area contributed by atoms with E-state index in [1.54, 1.807) is 12.1 Å². The summed E-state index contributed by atoms with van der Waals surface area (Å²) in [6, 6.07) is 10.5. The summed E-state index contributed by atoms with van der Waals surface area (Å²) in [6.45, 7) is 0. The number of halogens is 1. The minimum absolute atomic E-state index is 0.00855. The van der Waals surface area contributed by atoms with Crippen LogP contribution < -0.4 is 4.74 Å². The van der Waals surface area contributed by atoms with Gasteiger partial charge in [0.15, 0.2) is 0 Å². The van der Waals surface area contributed by atoms with Gasteiger partial charge in [0, 0.05) is 12.1 Å². The van der Waals surface area contributed by atoms with Crippen LogP contribution in [0.25, 0.3) is 0 Å². The van der Waals surface area contributed by atoms with E-state index < -0.39 is 4.92 Å². The van der Waals surface area contributed by atoms with Crippen molar-refractivity contribution in [2.24, 2.45) is 0 Å². The van der Waals surface area contributed by atoms with Gasteiger partial charge in [0.2, 0.25) is 0 Å². The van der Waals surface area contributed by atoms with Crippen LogP contribution in [0, 0.1) is 10.1 Å². The molecule has 6 heteroatoms. The standard InChI is InChI=1S/C12H8BrNO4/c13-11-7-10(5-6-12(11)15)18-9-3-1-8(2-4-9)14(16)17/h1-7,15H. The van der Waals surface area contributed by atoms with Crippen molar-refractivity contribution in [1.29, 1.82) is 0 Å². The fourth-order valence-electron chi connectivity index (χ4n) is 1.32. The van der Waals surface area contributed by atoms with E-state index in [9.17, 15) is 15.2 Å². The molecule has 1 N–H and O–H groups in total. The van der Waals surface area contributed by atoms with Gasteiger partial charge in [-0.2, -0.15) is 0 Å². The molecule has 0 aromatic heterocycles. The van der Waals surface area contributed by atoms with Crippen LogP contribution in [0.2, 0.25) is 0 Å². The number of aromatic hydroxyl groups is 1. The number of nitrogens with zero attached hydrogens (tertiary/aromatic N) is 1. The molecule has 0 heterocycles. The zero-order valence-electron chi connectivity index (χ0n) is 9.04. The Bertz CT molecular complexity index is 583. The molecule has 0 atom stereocenters. The predicted octanol–water partition coefficient (Wildman–Crippen LogP) is 3.86. The molecule has 18 heavy (non-hydrogen) atoms. The number of rotatable bonds is 3. The third-order valence-electron chi connectivity index (χ3n) is 2.20. The topological polar surface area (TPSA) is 72.6 Å². The van der Waals surface area contributed by atoms with Gasteiger partial charge in [0.05, 0.1) is 9.40 Å². The Balaban J connectivity index is 2.18. The highest BCUT2D eigenvalue weighted by atomic mass is 79.9.